The van der Waals surface area contributed by atoms with Gasteiger partial charge in [0.1, 0.15) is 0 Å². The first-order valence-electron chi connectivity index (χ1n) is 9.25. The molecule has 0 saturated carbocycles. The average Bonchev–Trinajstić information content (AvgIpc) is 3.01. The van der Waals surface area contributed by atoms with E-state index in [9.17, 15) is 5.11 Å². The Morgan fingerprint density at radius 2 is 1.92 bits per heavy atom. The summed E-state index contributed by atoms with van der Waals surface area (Å²) < 4.78 is 0. The quantitative estimate of drug-likeness (QED) is 0.422. The summed E-state index contributed by atoms with van der Waals surface area (Å²) in [5, 5.41) is 18.4. The second-order valence-corrected chi connectivity index (χ2v) is 7.37. The first-order chi connectivity index (χ1) is 11.6. The van der Waals surface area contributed by atoms with Crippen LogP contribution in [0.15, 0.2) is 11.2 Å². The second kappa shape index (κ2) is 11.4. The van der Waals surface area contributed by atoms with Crippen molar-refractivity contribution >= 4 is 17.3 Å². The summed E-state index contributed by atoms with van der Waals surface area (Å²) in [5.74, 6) is 0.774. The topological polar surface area (TPSA) is 69.5 Å². The van der Waals surface area contributed by atoms with E-state index < -0.39 is 5.60 Å². The Hall–Kier alpha value is -1.14. The van der Waals surface area contributed by atoms with Gasteiger partial charge in [-0.15, -0.1) is 11.3 Å². The van der Waals surface area contributed by atoms with Crippen LogP contribution >= 0.6 is 11.3 Å². The van der Waals surface area contributed by atoms with E-state index in [-0.39, 0.29) is 0 Å². The predicted octanol–water partition coefficient (Wildman–Crippen LogP) is 3.13. The zero-order chi connectivity index (χ0) is 17.8. The molecule has 1 heterocycles. The third-order valence-corrected chi connectivity index (χ3v) is 5.09. The fourth-order valence-corrected chi connectivity index (χ4v) is 3.56. The number of aromatic nitrogens is 1. The van der Waals surface area contributed by atoms with Crippen molar-refractivity contribution in [3.05, 3.63) is 16.1 Å². The Morgan fingerprint density at radius 3 is 2.46 bits per heavy atom. The molecule has 0 atom stereocenters. The molecule has 0 radical (unpaired) electrons. The van der Waals surface area contributed by atoms with Gasteiger partial charge >= 0.3 is 0 Å². The Morgan fingerprint density at radius 1 is 1.21 bits per heavy atom. The molecule has 0 spiro atoms. The number of aryl methyl sites for hydroxylation is 1. The van der Waals surface area contributed by atoms with E-state index in [1.165, 1.54) is 4.88 Å². The van der Waals surface area contributed by atoms with Crippen LogP contribution in [0, 0.1) is 0 Å². The van der Waals surface area contributed by atoms with E-state index >= 15 is 0 Å². The van der Waals surface area contributed by atoms with Gasteiger partial charge in [-0.3, -0.25) is 4.99 Å². The molecule has 0 aliphatic rings. The van der Waals surface area contributed by atoms with Crippen molar-refractivity contribution in [2.45, 2.75) is 71.8 Å². The molecule has 0 fully saturated rings. The highest BCUT2D eigenvalue weighted by atomic mass is 32.1. The van der Waals surface area contributed by atoms with Crippen molar-refractivity contribution in [3.63, 3.8) is 0 Å². The Labute approximate surface area is 151 Å². The zero-order valence-electron chi connectivity index (χ0n) is 15.7. The van der Waals surface area contributed by atoms with E-state index in [4.69, 9.17) is 0 Å². The number of guanidine groups is 1. The van der Waals surface area contributed by atoms with Gasteiger partial charge < -0.3 is 15.7 Å². The van der Waals surface area contributed by atoms with E-state index in [2.05, 4.69) is 48.3 Å². The smallest absolute Gasteiger partial charge is 0.191 e. The lowest BCUT2D eigenvalue weighted by Gasteiger charge is -2.26. The van der Waals surface area contributed by atoms with Gasteiger partial charge in [0.25, 0.3) is 0 Å². The van der Waals surface area contributed by atoms with E-state index in [0.29, 0.717) is 6.54 Å². The molecule has 0 aliphatic heterocycles. The second-order valence-electron chi connectivity index (χ2n) is 6.17. The number of hydrogen-bond acceptors (Lipinski definition) is 4. The van der Waals surface area contributed by atoms with Crippen LogP contribution in [0.3, 0.4) is 0 Å². The van der Waals surface area contributed by atoms with Gasteiger partial charge in [0.2, 0.25) is 0 Å². The van der Waals surface area contributed by atoms with Gasteiger partial charge in [0, 0.05) is 30.6 Å². The molecule has 0 unspecified atom stereocenters. The summed E-state index contributed by atoms with van der Waals surface area (Å²) >= 11 is 1.78. The minimum atomic E-state index is -0.683. The fraction of sp³-hybridized carbons (Fsp3) is 0.778. The van der Waals surface area contributed by atoms with Crippen LogP contribution in [0.2, 0.25) is 0 Å². The first-order valence-corrected chi connectivity index (χ1v) is 10.1. The predicted molar refractivity (Wildman–Crippen MR) is 104 cm³/mol. The van der Waals surface area contributed by atoms with Gasteiger partial charge in [0.05, 0.1) is 17.2 Å². The number of aliphatic hydroxyl groups is 1. The van der Waals surface area contributed by atoms with Crippen molar-refractivity contribution in [1.82, 2.24) is 15.6 Å². The monoisotopic (exact) mass is 354 g/mol. The molecule has 138 valence electrons. The third-order valence-electron chi connectivity index (χ3n) is 3.89. The van der Waals surface area contributed by atoms with Crippen LogP contribution in [-0.4, -0.2) is 41.3 Å². The maximum Gasteiger partial charge on any atom is 0.191 e. The molecule has 1 rings (SSSR count). The minimum Gasteiger partial charge on any atom is -0.388 e. The highest BCUT2D eigenvalue weighted by molar-refractivity contribution is 7.11. The molecular formula is C18H34N4OS. The molecular weight excluding hydrogens is 320 g/mol. The molecule has 0 amide bonds. The Kier molecular flexibility index (Phi) is 9.95. The van der Waals surface area contributed by atoms with Crippen LogP contribution in [0.4, 0.5) is 0 Å². The molecule has 24 heavy (non-hydrogen) atoms. The Bertz CT molecular complexity index is 481. The third kappa shape index (κ3) is 7.62. The van der Waals surface area contributed by atoms with E-state index in [1.54, 1.807) is 11.3 Å². The molecule has 0 saturated heterocycles. The molecule has 5 nitrogen and oxygen atoms in total. The van der Waals surface area contributed by atoms with Crippen LogP contribution < -0.4 is 10.6 Å². The lowest BCUT2D eigenvalue weighted by atomic mass is 9.93. The number of nitrogens with one attached hydrogen (secondary N) is 2. The molecule has 6 heteroatoms. The lowest BCUT2D eigenvalue weighted by molar-refractivity contribution is 0.0306. The van der Waals surface area contributed by atoms with Gasteiger partial charge in [-0.05, 0) is 26.2 Å². The van der Waals surface area contributed by atoms with Gasteiger partial charge in [-0.25, -0.2) is 4.98 Å². The van der Waals surface area contributed by atoms with Gasteiger partial charge in [-0.2, -0.15) is 0 Å². The number of thiazole rings is 1. The number of rotatable bonds is 11. The highest BCUT2D eigenvalue weighted by Crippen LogP contribution is 2.19. The summed E-state index contributed by atoms with van der Waals surface area (Å²) in [6.07, 6.45) is 7.44. The molecule has 0 bridgehead atoms. The molecule has 0 aromatic carbocycles. The van der Waals surface area contributed by atoms with Crippen molar-refractivity contribution < 1.29 is 5.11 Å². The summed E-state index contributed by atoms with van der Waals surface area (Å²) in [5.41, 5.74) is -0.683. The van der Waals surface area contributed by atoms with Gasteiger partial charge in [0.15, 0.2) is 5.96 Å². The summed E-state index contributed by atoms with van der Waals surface area (Å²) in [6.45, 7) is 10.5. The molecule has 3 N–H and O–H groups in total. The number of nitrogens with zero attached hydrogens (tertiary/aromatic N) is 2. The van der Waals surface area contributed by atoms with E-state index in [0.717, 1.165) is 62.6 Å². The van der Waals surface area contributed by atoms with Crippen LogP contribution in [0.25, 0.3) is 0 Å². The van der Waals surface area contributed by atoms with Crippen molar-refractivity contribution in [2.24, 2.45) is 4.99 Å². The van der Waals surface area contributed by atoms with Crippen molar-refractivity contribution in [2.75, 3.05) is 19.6 Å². The van der Waals surface area contributed by atoms with Crippen LogP contribution in [0.5, 0.6) is 0 Å². The maximum atomic E-state index is 10.7. The largest absolute Gasteiger partial charge is 0.388 e. The number of hydrogen-bond donors (Lipinski definition) is 3. The standard InChI is InChI=1S/C18H34N4OS/c1-5-10-18(23,11-6-2)14-22-17(19-8-4)20-12-9-16-21-13-15(7-3)24-16/h13,23H,5-12,14H2,1-4H3,(H2,19,20,22). The van der Waals surface area contributed by atoms with Gasteiger partial charge in [-0.1, -0.05) is 33.6 Å². The fourth-order valence-electron chi connectivity index (χ4n) is 2.70. The summed E-state index contributed by atoms with van der Waals surface area (Å²) in [6, 6.07) is 0. The Balaban J connectivity index is 2.54. The van der Waals surface area contributed by atoms with Crippen LogP contribution in [0.1, 0.15) is 63.3 Å². The summed E-state index contributed by atoms with van der Waals surface area (Å²) in [4.78, 5) is 10.4. The maximum absolute atomic E-state index is 10.7. The SMILES string of the molecule is CCCC(O)(CCC)CN=C(NCC)NCCc1ncc(CC)s1. The van der Waals surface area contributed by atoms with Crippen molar-refractivity contribution in [1.29, 1.82) is 0 Å². The van der Waals surface area contributed by atoms with Crippen LogP contribution in [-0.2, 0) is 12.8 Å². The molecule has 1 aromatic heterocycles. The molecule has 1 aromatic rings. The first kappa shape index (κ1) is 20.9. The average molecular weight is 355 g/mol. The lowest BCUT2D eigenvalue weighted by Crippen LogP contribution is -2.40. The zero-order valence-corrected chi connectivity index (χ0v) is 16.5. The summed E-state index contributed by atoms with van der Waals surface area (Å²) in [7, 11) is 0. The normalized spacial score (nSPS) is 12.5. The minimum absolute atomic E-state index is 0.446. The van der Waals surface area contributed by atoms with E-state index in [1.807, 2.05) is 6.20 Å². The van der Waals surface area contributed by atoms with Crippen molar-refractivity contribution in [3.8, 4) is 0 Å². The highest BCUT2D eigenvalue weighted by Gasteiger charge is 2.24. The number of aliphatic imine (C=N–C) groups is 1. The molecule has 0 aliphatic carbocycles.